The molecule has 0 bridgehead atoms. The summed E-state index contributed by atoms with van der Waals surface area (Å²) in [6, 6.07) is 13.1. The molecule has 2 N–H and O–H groups in total. The summed E-state index contributed by atoms with van der Waals surface area (Å²) in [6.07, 6.45) is 3.22. The average molecular weight is 447 g/mol. The summed E-state index contributed by atoms with van der Waals surface area (Å²) < 4.78 is 1.78. The molecule has 2 amide bonds. The standard InChI is InChI=1S/C23H22N6O2S/c1-14-4-9-19(10-15(14)2)29-22-20(11-26-29)23(25-13-24-22)32-12-21(31)28-18-7-5-17(6-8-18)27-16(3)30/h4-11,13H,12H2,1-3H3,(H,27,30)(H,28,31). The fraction of sp³-hybridized carbons (Fsp3) is 0.174. The number of carbonyl (C=O) groups excluding carboxylic acids is 2. The number of carbonyl (C=O) groups is 2. The van der Waals surface area contributed by atoms with Crippen LogP contribution < -0.4 is 10.6 Å². The van der Waals surface area contributed by atoms with E-state index in [1.54, 1.807) is 35.1 Å². The summed E-state index contributed by atoms with van der Waals surface area (Å²) in [5.41, 5.74) is 5.34. The van der Waals surface area contributed by atoms with Gasteiger partial charge in [-0.15, -0.1) is 0 Å². The number of nitrogens with one attached hydrogen (secondary N) is 2. The van der Waals surface area contributed by atoms with Crippen molar-refractivity contribution in [3.8, 4) is 5.69 Å². The number of rotatable bonds is 6. The van der Waals surface area contributed by atoms with Gasteiger partial charge in [0.15, 0.2) is 5.65 Å². The smallest absolute Gasteiger partial charge is 0.234 e. The van der Waals surface area contributed by atoms with Crippen molar-refractivity contribution >= 4 is 46.0 Å². The van der Waals surface area contributed by atoms with Crippen molar-refractivity contribution < 1.29 is 9.59 Å². The molecule has 0 spiro atoms. The zero-order valence-corrected chi connectivity index (χ0v) is 18.7. The molecular weight excluding hydrogens is 424 g/mol. The van der Waals surface area contributed by atoms with Crippen LogP contribution in [0.1, 0.15) is 18.1 Å². The monoisotopic (exact) mass is 446 g/mol. The molecule has 0 aliphatic rings. The molecule has 4 rings (SSSR count). The third-order valence-corrected chi connectivity index (χ3v) is 5.90. The lowest BCUT2D eigenvalue weighted by Gasteiger charge is -2.08. The predicted molar refractivity (Wildman–Crippen MR) is 126 cm³/mol. The van der Waals surface area contributed by atoms with Gasteiger partial charge in [-0.2, -0.15) is 5.10 Å². The number of aromatic nitrogens is 4. The van der Waals surface area contributed by atoms with Crippen molar-refractivity contribution in [1.82, 2.24) is 19.7 Å². The van der Waals surface area contributed by atoms with E-state index in [1.165, 1.54) is 36.1 Å². The third-order valence-electron chi connectivity index (χ3n) is 4.89. The lowest BCUT2D eigenvalue weighted by atomic mass is 10.1. The second-order valence-corrected chi connectivity index (χ2v) is 8.30. The minimum Gasteiger partial charge on any atom is -0.326 e. The van der Waals surface area contributed by atoms with Crippen molar-refractivity contribution in [3.63, 3.8) is 0 Å². The number of fused-ring (bicyclic) bond motifs is 1. The van der Waals surface area contributed by atoms with Crippen molar-refractivity contribution in [2.75, 3.05) is 16.4 Å². The van der Waals surface area contributed by atoms with Crippen molar-refractivity contribution in [2.24, 2.45) is 0 Å². The van der Waals surface area contributed by atoms with Gasteiger partial charge in [-0.25, -0.2) is 14.6 Å². The van der Waals surface area contributed by atoms with E-state index in [2.05, 4.69) is 51.7 Å². The zero-order valence-electron chi connectivity index (χ0n) is 17.9. The molecule has 0 radical (unpaired) electrons. The molecular formula is C23H22N6O2S. The van der Waals surface area contributed by atoms with E-state index in [1.807, 2.05) is 6.07 Å². The lowest BCUT2D eigenvalue weighted by molar-refractivity contribution is -0.114. The third kappa shape index (κ3) is 4.78. The van der Waals surface area contributed by atoms with Crippen LogP contribution >= 0.6 is 11.8 Å². The van der Waals surface area contributed by atoms with Crippen LogP contribution in [0.25, 0.3) is 16.7 Å². The van der Waals surface area contributed by atoms with Gasteiger partial charge in [0.2, 0.25) is 11.8 Å². The molecule has 0 fully saturated rings. The number of amides is 2. The molecule has 32 heavy (non-hydrogen) atoms. The van der Waals surface area contributed by atoms with Crippen LogP contribution in [-0.4, -0.2) is 37.3 Å². The highest BCUT2D eigenvalue weighted by Gasteiger charge is 2.13. The quantitative estimate of drug-likeness (QED) is 0.341. The average Bonchev–Trinajstić information content (AvgIpc) is 3.20. The Labute approximate surface area is 189 Å². The number of anilines is 2. The van der Waals surface area contributed by atoms with Gasteiger partial charge in [0.25, 0.3) is 0 Å². The van der Waals surface area contributed by atoms with Crippen LogP contribution in [0.5, 0.6) is 0 Å². The van der Waals surface area contributed by atoms with Crippen LogP contribution in [0.4, 0.5) is 11.4 Å². The van der Waals surface area contributed by atoms with Crippen LogP contribution in [0.15, 0.2) is 60.0 Å². The molecule has 8 nitrogen and oxygen atoms in total. The zero-order chi connectivity index (χ0) is 22.7. The van der Waals surface area contributed by atoms with Gasteiger partial charge in [-0.3, -0.25) is 9.59 Å². The van der Waals surface area contributed by atoms with Gasteiger partial charge < -0.3 is 10.6 Å². The number of aryl methyl sites for hydroxylation is 2. The topological polar surface area (TPSA) is 102 Å². The maximum atomic E-state index is 12.4. The molecule has 2 aromatic heterocycles. The largest absolute Gasteiger partial charge is 0.326 e. The highest BCUT2D eigenvalue weighted by atomic mass is 32.2. The van der Waals surface area contributed by atoms with E-state index >= 15 is 0 Å². The molecule has 2 aromatic carbocycles. The van der Waals surface area contributed by atoms with Gasteiger partial charge in [0.1, 0.15) is 11.4 Å². The lowest BCUT2D eigenvalue weighted by Crippen LogP contribution is -2.14. The summed E-state index contributed by atoms with van der Waals surface area (Å²) in [6.45, 7) is 5.58. The Morgan fingerprint density at radius 1 is 0.969 bits per heavy atom. The maximum Gasteiger partial charge on any atom is 0.234 e. The molecule has 0 saturated carbocycles. The van der Waals surface area contributed by atoms with E-state index in [0.29, 0.717) is 22.0 Å². The highest BCUT2D eigenvalue weighted by molar-refractivity contribution is 8.00. The van der Waals surface area contributed by atoms with E-state index in [0.717, 1.165) is 11.1 Å². The molecule has 0 atom stereocenters. The Hall–Kier alpha value is -3.72. The summed E-state index contributed by atoms with van der Waals surface area (Å²) in [5.74, 6) is -0.111. The number of thioether (sulfide) groups is 1. The van der Waals surface area contributed by atoms with Gasteiger partial charge in [-0.1, -0.05) is 17.8 Å². The second-order valence-electron chi connectivity index (χ2n) is 7.34. The van der Waals surface area contributed by atoms with Crippen molar-refractivity contribution in [3.05, 3.63) is 66.1 Å². The van der Waals surface area contributed by atoms with Crippen LogP contribution in [0.2, 0.25) is 0 Å². The number of nitrogens with zero attached hydrogens (tertiary/aromatic N) is 4. The Morgan fingerprint density at radius 3 is 2.38 bits per heavy atom. The Morgan fingerprint density at radius 2 is 1.69 bits per heavy atom. The predicted octanol–water partition coefficient (Wildman–Crippen LogP) is 4.12. The molecule has 0 unspecified atom stereocenters. The number of hydrogen-bond donors (Lipinski definition) is 2. The summed E-state index contributed by atoms with van der Waals surface area (Å²) in [7, 11) is 0. The summed E-state index contributed by atoms with van der Waals surface area (Å²) in [5, 5.41) is 11.5. The van der Waals surface area contributed by atoms with Crippen LogP contribution in [-0.2, 0) is 9.59 Å². The van der Waals surface area contributed by atoms with Crippen molar-refractivity contribution in [2.45, 2.75) is 25.8 Å². The first kappa shape index (κ1) is 21.5. The maximum absolute atomic E-state index is 12.4. The first-order valence-corrected chi connectivity index (χ1v) is 11.0. The SMILES string of the molecule is CC(=O)Nc1ccc(NC(=O)CSc2ncnc3c2cnn3-c2ccc(C)c(C)c2)cc1. The Balaban J connectivity index is 1.45. The first-order valence-electron chi connectivity index (χ1n) is 9.97. The van der Waals surface area contributed by atoms with Crippen LogP contribution in [0, 0.1) is 13.8 Å². The molecule has 4 aromatic rings. The fourth-order valence-electron chi connectivity index (χ4n) is 3.16. The van der Waals surface area contributed by atoms with Gasteiger partial charge in [0.05, 0.1) is 23.0 Å². The molecule has 0 aliphatic carbocycles. The van der Waals surface area contributed by atoms with Gasteiger partial charge >= 0.3 is 0 Å². The van der Waals surface area contributed by atoms with Gasteiger partial charge in [0, 0.05) is 18.3 Å². The Bertz CT molecular complexity index is 1300. The van der Waals surface area contributed by atoms with Crippen molar-refractivity contribution in [1.29, 1.82) is 0 Å². The van der Waals surface area contributed by atoms with E-state index < -0.39 is 0 Å². The molecule has 2 heterocycles. The minimum atomic E-state index is -0.157. The highest BCUT2D eigenvalue weighted by Crippen LogP contribution is 2.26. The number of hydrogen-bond acceptors (Lipinski definition) is 6. The van der Waals surface area contributed by atoms with Gasteiger partial charge in [-0.05, 0) is 61.4 Å². The minimum absolute atomic E-state index is 0.143. The van der Waals surface area contributed by atoms with E-state index in [9.17, 15) is 9.59 Å². The molecule has 9 heteroatoms. The summed E-state index contributed by atoms with van der Waals surface area (Å²) >= 11 is 1.33. The fourth-order valence-corrected chi connectivity index (χ4v) is 3.92. The molecule has 0 saturated heterocycles. The van der Waals surface area contributed by atoms with E-state index in [-0.39, 0.29) is 17.6 Å². The Kier molecular flexibility index (Phi) is 6.18. The van der Waals surface area contributed by atoms with Crippen LogP contribution in [0.3, 0.4) is 0 Å². The first-order chi connectivity index (χ1) is 15.4. The molecule has 162 valence electrons. The summed E-state index contributed by atoms with van der Waals surface area (Å²) in [4.78, 5) is 32.3. The molecule has 0 aliphatic heterocycles. The number of benzene rings is 2. The normalized spacial score (nSPS) is 10.8. The van der Waals surface area contributed by atoms with E-state index in [4.69, 9.17) is 0 Å². The second kappa shape index (κ2) is 9.19.